The SMILES string of the molecule is O=C(c1cc(F)cc([N+](=O)[O-])c1F)N(CCCl)CC(F)F. The molecule has 1 amide bonds. The van der Waals surface area contributed by atoms with E-state index in [1.165, 1.54) is 0 Å². The van der Waals surface area contributed by atoms with Crippen molar-refractivity contribution in [2.45, 2.75) is 6.43 Å². The Hall–Kier alpha value is -1.90. The van der Waals surface area contributed by atoms with Gasteiger partial charge in [0.2, 0.25) is 5.82 Å². The van der Waals surface area contributed by atoms with E-state index in [0.717, 1.165) is 0 Å². The van der Waals surface area contributed by atoms with Crippen molar-refractivity contribution >= 4 is 23.2 Å². The molecule has 0 radical (unpaired) electrons. The molecule has 1 rings (SSSR count). The van der Waals surface area contributed by atoms with E-state index in [4.69, 9.17) is 11.6 Å². The van der Waals surface area contributed by atoms with Crippen LogP contribution in [0.1, 0.15) is 10.4 Å². The van der Waals surface area contributed by atoms with Crippen LogP contribution in [0.2, 0.25) is 0 Å². The van der Waals surface area contributed by atoms with Crippen LogP contribution in [0.4, 0.5) is 23.2 Å². The zero-order valence-electron chi connectivity index (χ0n) is 10.4. The lowest BCUT2D eigenvalue weighted by Crippen LogP contribution is -2.37. The molecule has 0 atom stereocenters. The van der Waals surface area contributed by atoms with Gasteiger partial charge in [0.25, 0.3) is 12.3 Å². The van der Waals surface area contributed by atoms with Crippen molar-refractivity contribution in [2.24, 2.45) is 0 Å². The number of nitro benzene ring substituents is 1. The topological polar surface area (TPSA) is 63.4 Å². The molecule has 5 nitrogen and oxygen atoms in total. The summed E-state index contributed by atoms with van der Waals surface area (Å²) in [4.78, 5) is 21.8. The van der Waals surface area contributed by atoms with Crippen molar-refractivity contribution in [3.8, 4) is 0 Å². The van der Waals surface area contributed by atoms with E-state index in [9.17, 15) is 32.5 Å². The van der Waals surface area contributed by atoms with Crippen molar-refractivity contribution in [3.63, 3.8) is 0 Å². The Morgan fingerprint density at radius 2 is 2.00 bits per heavy atom. The standard InChI is InChI=1S/C11H9ClF4N2O3/c12-1-2-17(5-9(14)15)11(19)7-3-6(13)4-8(10(7)16)18(20)21/h3-4,9H,1-2,5H2. The van der Waals surface area contributed by atoms with E-state index in [-0.39, 0.29) is 12.4 Å². The minimum absolute atomic E-state index is 0.211. The van der Waals surface area contributed by atoms with E-state index in [1.54, 1.807) is 0 Å². The third-order valence-electron chi connectivity index (χ3n) is 2.45. The Labute approximate surface area is 121 Å². The van der Waals surface area contributed by atoms with E-state index in [2.05, 4.69) is 0 Å². The molecule has 0 bridgehead atoms. The fraction of sp³-hybridized carbons (Fsp3) is 0.364. The Morgan fingerprint density at radius 1 is 1.38 bits per heavy atom. The van der Waals surface area contributed by atoms with Crippen molar-refractivity contribution in [1.82, 2.24) is 4.90 Å². The molecule has 0 saturated carbocycles. The number of hydrogen-bond acceptors (Lipinski definition) is 3. The van der Waals surface area contributed by atoms with Crippen LogP contribution in [0, 0.1) is 21.7 Å². The summed E-state index contributed by atoms with van der Waals surface area (Å²) in [5.74, 6) is -4.32. The zero-order chi connectivity index (χ0) is 16.2. The van der Waals surface area contributed by atoms with Gasteiger partial charge >= 0.3 is 5.69 Å². The molecule has 0 spiro atoms. The average Bonchev–Trinajstić information content (AvgIpc) is 2.39. The highest BCUT2D eigenvalue weighted by molar-refractivity contribution is 6.18. The number of nitro groups is 1. The van der Waals surface area contributed by atoms with Gasteiger partial charge in [-0.3, -0.25) is 14.9 Å². The van der Waals surface area contributed by atoms with Crippen LogP contribution in [0.15, 0.2) is 12.1 Å². The smallest absolute Gasteiger partial charge is 0.308 e. The first-order chi connectivity index (χ1) is 9.77. The van der Waals surface area contributed by atoms with E-state index in [0.29, 0.717) is 17.0 Å². The molecule has 0 aliphatic rings. The first kappa shape index (κ1) is 17.2. The predicted molar refractivity (Wildman–Crippen MR) is 65.6 cm³/mol. The Morgan fingerprint density at radius 3 is 2.48 bits per heavy atom. The Bertz CT molecular complexity index is 557. The third kappa shape index (κ3) is 4.28. The molecule has 21 heavy (non-hydrogen) atoms. The summed E-state index contributed by atoms with van der Waals surface area (Å²) in [5, 5.41) is 10.6. The maximum absolute atomic E-state index is 13.8. The number of benzene rings is 1. The largest absolute Gasteiger partial charge is 0.332 e. The minimum Gasteiger partial charge on any atom is -0.332 e. The number of halogens is 5. The van der Waals surface area contributed by atoms with Gasteiger partial charge in [0.1, 0.15) is 5.82 Å². The number of hydrogen-bond donors (Lipinski definition) is 0. The molecule has 0 N–H and O–H groups in total. The van der Waals surface area contributed by atoms with Gasteiger partial charge in [-0.1, -0.05) is 0 Å². The molecular formula is C11H9ClF4N2O3. The van der Waals surface area contributed by atoms with Gasteiger partial charge in [0.15, 0.2) is 0 Å². The summed E-state index contributed by atoms with van der Waals surface area (Å²) < 4.78 is 51.8. The first-order valence-electron chi connectivity index (χ1n) is 5.54. The quantitative estimate of drug-likeness (QED) is 0.349. The number of rotatable bonds is 6. The monoisotopic (exact) mass is 328 g/mol. The predicted octanol–water partition coefficient (Wildman–Crippen LogP) is 2.82. The molecule has 1 aromatic carbocycles. The summed E-state index contributed by atoms with van der Waals surface area (Å²) >= 11 is 5.35. The maximum Gasteiger partial charge on any atom is 0.308 e. The molecule has 0 heterocycles. The van der Waals surface area contributed by atoms with Crippen LogP contribution in [-0.4, -0.2) is 41.1 Å². The number of alkyl halides is 3. The van der Waals surface area contributed by atoms with E-state index >= 15 is 0 Å². The molecule has 10 heteroatoms. The van der Waals surface area contributed by atoms with Gasteiger partial charge in [-0.25, -0.2) is 13.2 Å². The normalized spacial score (nSPS) is 10.8. The Kier molecular flexibility index (Phi) is 5.89. The molecule has 0 saturated heterocycles. The van der Waals surface area contributed by atoms with Crippen LogP contribution in [-0.2, 0) is 0 Å². The summed E-state index contributed by atoms with van der Waals surface area (Å²) in [7, 11) is 0. The minimum atomic E-state index is -2.91. The lowest BCUT2D eigenvalue weighted by atomic mass is 10.1. The van der Waals surface area contributed by atoms with Crippen LogP contribution >= 0.6 is 11.6 Å². The van der Waals surface area contributed by atoms with Gasteiger partial charge in [0, 0.05) is 12.4 Å². The molecule has 0 unspecified atom stereocenters. The highest BCUT2D eigenvalue weighted by Gasteiger charge is 2.28. The van der Waals surface area contributed by atoms with Crippen LogP contribution < -0.4 is 0 Å². The number of carbonyl (C=O) groups is 1. The Balaban J connectivity index is 3.24. The fourth-order valence-electron chi connectivity index (χ4n) is 1.58. The van der Waals surface area contributed by atoms with Crippen molar-refractivity contribution in [1.29, 1.82) is 0 Å². The molecule has 1 aromatic rings. The van der Waals surface area contributed by atoms with Gasteiger partial charge in [0.05, 0.1) is 23.1 Å². The highest BCUT2D eigenvalue weighted by atomic mass is 35.5. The first-order valence-corrected chi connectivity index (χ1v) is 6.08. The molecule has 0 aromatic heterocycles. The summed E-state index contributed by atoms with van der Waals surface area (Å²) in [6.45, 7) is -1.39. The lowest BCUT2D eigenvalue weighted by Gasteiger charge is -2.21. The average molecular weight is 329 g/mol. The number of nitrogens with zero attached hydrogens (tertiary/aromatic N) is 2. The summed E-state index contributed by atoms with van der Waals surface area (Å²) in [6.07, 6.45) is -2.91. The van der Waals surface area contributed by atoms with Crippen molar-refractivity contribution in [2.75, 3.05) is 19.0 Å². The van der Waals surface area contributed by atoms with Gasteiger partial charge in [-0.2, -0.15) is 4.39 Å². The zero-order valence-corrected chi connectivity index (χ0v) is 11.1. The fourth-order valence-corrected chi connectivity index (χ4v) is 1.78. The molecule has 0 aliphatic heterocycles. The van der Waals surface area contributed by atoms with E-state index in [1.807, 2.05) is 0 Å². The van der Waals surface area contributed by atoms with Crippen LogP contribution in [0.25, 0.3) is 0 Å². The second-order valence-corrected chi connectivity index (χ2v) is 4.25. The highest BCUT2D eigenvalue weighted by Crippen LogP contribution is 2.23. The lowest BCUT2D eigenvalue weighted by molar-refractivity contribution is -0.387. The summed E-state index contributed by atoms with van der Waals surface area (Å²) in [5.41, 5.74) is -2.24. The van der Waals surface area contributed by atoms with Gasteiger partial charge < -0.3 is 4.90 Å². The van der Waals surface area contributed by atoms with Crippen LogP contribution in [0.5, 0.6) is 0 Å². The molecular weight excluding hydrogens is 320 g/mol. The maximum atomic E-state index is 13.8. The van der Waals surface area contributed by atoms with Gasteiger partial charge in [-0.15, -0.1) is 11.6 Å². The molecule has 116 valence electrons. The number of amides is 1. The number of carbonyl (C=O) groups excluding carboxylic acids is 1. The molecule has 0 fully saturated rings. The van der Waals surface area contributed by atoms with Crippen molar-refractivity contribution in [3.05, 3.63) is 39.4 Å². The third-order valence-corrected chi connectivity index (χ3v) is 2.61. The van der Waals surface area contributed by atoms with Crippen LogP contribution in [0.3, 0.4) is 0 Å². The second kappa shape index (κ2) is 7.21. The van der Waals surface area contributed by atoms with E-state index < -0.39 is 46.7 Å². The second-order valence-electron chi connectivity index (χ2n) is 3.87. The van der Waals surface area contributed by atoms with Crippen molar-refractivity contribution < 1.29 is 27.3 Å². The summed E-state index contributed by atoms with van der Waals surface area (Å²) in [6, 6.07) is 0.711. The van der Waals surface area contributed by atoms with Gasteiger partial charge in [-0.05, 0) is 6.07 Å². The molecule has 0 aliphatic carbocycles.